The van der Waals surface area contributed by atoms with Crippen molar-refractivity contribution in [2.24, 2.45) is 0 Å². The van der Waals surface area contributed by atoms with Gasteiger partial charge in [-0.2, -0.15) is 0 Å². The monoisotopic (exact) mass is 397 g/mol. The zero-order valence-electron chi connectivity index (χ0n) is 13.9. The van der Waals surface area contributed by atoms with E-state index >= 15 is 0 Å². The molecule has 1 heterocycles. The lowest BCUT2D eigenvalue weighted by atomic mass is 9.95. The SMILES string of the molecule is O=C(NCCCn1cnc2ccccc21)C1(c2cccc(Br)c2)CC1. The molecular formula is C20H20BrN3O. The third kappa shape index (κ3) is 3.21. The zero-order valence-corrected chi connectivity index (χ0v) is 15.5. The quantitative estimate of drug-likeness (QED) is 0.638. The van der Waals surface area contributed by atoms with Crippen molar-refractivity contribution >= 4 is 32.9 Å². The minimum absolute atomic E-state index is 0.154. The number of carbonyl (C=O) groups is 1. The van der Waals surface area contributed by atoms with Gasteiger partial charge in [0.05, 0.1) is 22.8 Å². The molecule has 1 aromatic heterocycles. The molecule has 0 atom stereocenters. The van der Waals surface area contributed by atoms with Crippen molar-refractivity contribution in [2.45, 2.75) is 31.2 Å². The van der Waals surface area contributed by atoms with E-state index in [9.17, 15) is 4.79 Å². The average molecular weight is 398 g/mol. The van der Waals surface area contributed by atoms with Crippen LogP contribution in [0.1, 0.15) is 24.8 Å². The number of amides is 1. The number of carbonyl (C=O) groups excluding carboxylic acids is 1. The Labute approximate surface area is 155 Å². The van der Waals surface area contributed by atoms with Gasteiger partial charge in [-0.3, -0.25) is 4.79 Å². The Kier molecular flexibility index (Phi) is 4.34. The molecule has 4 nitrogen and oxygen atoms in total. The third-order valence-corrected chi connectivity index (χ3v) is 5.44. The van der Waals surface area contributed by atoms with E-state index in [0.29, 0.717) is 6.54 Å². The molecule has 0 spiro atoms. The molecule has 0 aliphatic heterocycles. The van der Waals surface area contributed by atoms with Crippen molar-refractivity contribution in [3.8, 4) is 0 Å². The molecule has 1 aliphatic rings. The maximum atomic E-state index is 12.7. The maximum Gasteiger partial charge on any atom is 0.230 e. The van der Waals surface area contributed by atoms with Crippen LogP contribution >= 0.6 is 15.9 Å². The van der Waals surface area contributed by atoms with E-state index in [-0.39, 0.29) is 11.3 Å². The number of aromatic nitrogens is 2. The molecule has 0 radical (unpaired) electrons. The lowest BCUT2D eigenvalue weighted by Gasteiger charge is -2.16. The fraction of sp³-hybridized carbons (Fsp3) is 0.300. The molecule has 5 heteroatoms. The number of halogens is 1. The Hall–Kier alpha value is -2.14. The molecule has 0 bridgehead atoms. The summed E-state index contributed by atoms with van der Waals surface area (Å²) in [4.78, 5) is 17.1. The van der Waals surface area contributed by atoms with Gasteiger partial charge in [0.2, 0.25) is 5.91 Å². The van der Waals surface area contributed by atoms with E-state index in [1.165, 1.54) is 0 Å². The highest BCUT2D eigenvalue weighted by atomic mass is 79.9. The first-order chi connectivity index (χ1) is 12.2. The zero-order chi connectivity index (χ0) is 17.3. The molecule has 1 amide bonds. The van der Waals surface area contributed by atoms with Gasteiger partial charge in [0.15, 0.2) is 0 Å². The number of nitrogens with zero attached hydrogens (tertiary/aromatic N) is 2. The molecule has 4 rings (SSSR count). The largest absolute Gasteiger partial charge is 0.355 e. The van der Waals surface area contributed by atoms with Crippen LogP contribution in [0.15, 0.2) is 59.3 Å². The predicted molar refractivity (Wildman–Crippen MR) is 102 cm³/mol. The van der Waals surface area contributed by atoms with Gasteiger partial charge in [0, 0.05) is 17.6 Å². The average Bonchev–Trinajstić information content (AvgIpc) is 3.35. The predicted octanol–water partition coefficient (Wildman–Crippen LogP) is 4.04. The first kappa shape index (κ1) is 16.3. The summed E-state index contributed by atoms with van der Waals surface area (Å²) in [5.41, 5.74) is 2.95. The molecule has 128 valence electrons. The van der Waals surface area contributed by atoms with Crippen molar-refractivity contribution < 1.29 is 4.79 Å². The van der Waals surface area contributed by atoms with E-state index in [4.69, 9.17) is 0 Å². The van der Waals surface area contributed by atoms with Gasteiger partial charge in [-0.05, 0) is 49.1 Å². The summed E-state index contributed by atoms with van der Waals surface area (Å²) < 4.78 is 3.17. The summed E-state index contributed by atoms with van der Waals surface area (Å²) in [5.74, 6) is 0.154. The van der Waals surface area contributed by atoms with Gasteiger partial charge in [-0.15, -0.1) is 0 Å². The smallest absolute Gasteiger partial charge is 0.230 e. The highest BCUT2D eigenvalue weighted by Gasteiger charge is 2.51. The number of aryl methyl sites for hydroxylation is 1. The van der Waals surface area contributed by atoms with Crippen molar-refractivity contribution in [3.05, 3.63) is 64.9 Å². The van der Waals surface area contributed by atoms with Gasteiger partial charge < -0.3 is 9.88 Å². The Balaban J connectivity index is 1.34. The first-order valence-electron chi connectivity index (χ1n) is 8.63. The van der Waals surface area contributed by atoms with E-state index in [1.807, 2.05) is 36.7 Å². The van der Waals surface area contributed by atoms with Crippen molar-refractivity contribution in [1.82, 2.24) is 14.9 Å². The number of para-hydroxylation sites is 2. The summed E-state index contributed by atoms with van der Waals surface area (Å²) >= 11 is 3.50. The van der Waals surface area contributed by atoms with Crippen LogP contribution in [-0.2, 0) is 16.8 Å². The topological polar surface area (TPSA) is 46.9 Å². The third-order valence-electron chi connectivity index (χ3n) is 4.95. The lowest BCUT2D eigenvalue weighted by molar-refractivity contribution is -0.123. The van der Waals surface area contributed by atoms with Gasteiger partial charge in [-0.25, -0.2) is 4.98 Å². The van der Waals surface area contributed by atoms with E-state index in [2.05, 4.69) is 49.0 Å². The van der Waals surface area contributed by atoms with Gasteiger partial charge in [-0.1, -0.05) is 40.2 Å². The van der Waals surface area contributed by atoms with Gasteiger partial charge in [0.1, 0.15) is 0 Å². The second kappa shape index (κ2) is 6.64. The van der Waals surface area contributed by atoms with Crippen LogP contribution in [0.3, 0.4) is 0 Å². The summed E-state index contributed by atoms with van der Waals surface area (Å²) in [5, 5.41) is 3.13. The molecule has 25 heavy (non-hydrogen) atoms. The number of fused-ring (bicyclic) bond motifs is 1. The highest BCUT2D eigenvalue weighted by Crippen LogP contribution is 2.48. The number of benzene rings is 2. The fourth-order valence-corrected chi connectivity index (χ4v) is 3.77. The number of imidazole rings is 1. The van der Waals surface area contributed by atoms with Crippen LogP contribution in [0.25, 0.3) is 11.0 Å². The molecule has 2 aromatic carbocycles. The minimum Gasteiger partial charge on any atom is -0.355 e. The number of rotatable bonds is 6. The van der Waals surface area contributed by atoms with Gasteiger partial charge in [0.25, 0.3) is 0 Å². The Morgan fingerprint density at radius 1 is 1.20 bits per heavy atom. The normalized spacial score (nSPS) is 15.2. The molecule has 1 aliphatic carbocycles. The Morgan fingerprint density at radius 3 is 2.84 bits per heavy atom. The number of hydrogen-bond acceptors (Lipinski definition) is 2. The van der Waals surface area contributed by atoms with Crippen LogP contribution in [0.5, 0.6) is 0 Å². The van der Waals surface area contributed by atoms with Gasteiger partial charge >= 0.3 is 0 Å². The highest BCUT2D eigenvalue weighted by molar-refractivity contribution is 9.10. The molecule has 1 N–H and O–H groups in total. The number of nitrogens with one attached hydrogen (secondary N) is 1. The van der Waals surface area contributed by atoms with Crippen LogP contribution < -0.4 is 5.32 Å². The van der Waals surface area contributed by atoms with E-state index in [0.717, 1.165) is 46.9 Å². The molecule has 0 unspecified atom stereocenters. The Bertz CT molecular complexity index is 914. The second-order valence-electron chi connectivity index (χ2n) is 6.63. The van der Waals surface area contributed by atoms with E-state index in [1.54, 1.807) is 0 Å². The second-order valence-corrected chi connectivity index (χ2v) is 7.54. The summed E-state index contributed by atoms with van der Waals surface area (Å²) in [7, 11) is 0. The standard InChI is InChI=1S/C20H20BrN3O/c21-16-6-3-5-15(13-16)20(9-10-20)19(25)22-11-4-12-24-14-23-17-7-1-2-8-18(17)24/h1-3,5-8,13-14H,4,9-12H2,(H,22,25). The fourth-order valence-electron chi connectivity index (χ4n) is 3.37. The van der Waals surface area contributed by atoms with Crippen LogP contribution in [-0.4, -0.2) is 22.0 Å². The van der Waals surface area contributed by atoms with Crippen LogP contribution in [0.2, 0.25) is 0 Å². The van der Waals surface area contributed by atoms with Crippen LogP contribution in [0.4, 0.5) is 0 Å². The van der Waals surface area contributed by atoms with Crippen LogP contribution in [0, 0.1) is 0 Å². The van der Waals surface area contributed by atoms with E-state index < -0.39 is 0 Å². The summed E-state index contributed by atoms with van der Waals surface area (Å²) in [6.45, 7) is 1.53. The molecular weight excluding hydrogens is 378 g/mol. The molecule has 1 saturated carbocycles. The minimum atomic E-state index is -0.314. The van der Waals surface area contributed by atoms with Crippen molar-refractivity contribution in [3.63, 3.8) is 0 Å². The lowest BCUT2D eigenvalue weighted by Crippen LogP contribution is -2.35. The maximum absolute atomic E-state index is 12.7. The van der Waals surface area contributed by atoms with Crippen molar-refractivity contribution in [1.29, 1.82) is 0 Å². The molecule has 0 saturated heterocycles. The summed E-state index contributed by atoms with van der Waals surface area (Å²) in [6.07, 6.45) is 4.62. The Morgan fingerprint density at radius 2 is 2.04 bits per heavy atom. The van der Waals surface area contributed by atoms with Crippen molar-refractivity contribution in [2.75, 3.05) is 6.54 Å². The first-order valence-corrected chi connectivity index (χ1v) is 9.43. The number of hydrogen-bond donors (Lipinski definition) is 1. The molecule has 1 fully saturated rings. The summed E-state index contributed by atoms with van der Waals surface area (Å²) in [6, 6.07) is 16.2. The molecule has 3 aromatic rings.